The minimum atomic E-state index is -3.75. The van der Waals surface area contributed by atoms with Gasteiger partial charge in [0.15, 0.2) is 0 Å². The highest BCUT2D eigenvalue weighted by atomic mass is 32.2. The largest absolute Gasteiger partial charge is 0.495 e. The number of likely N-dealkylation sites (N-methyl/N-ethyl adjacent to an activating group) is 1. The lowest BCUT2D eigenvalue weighted by Crippen LogP contribution is -3.06. The second kappa shape index (κ2) is 8.94. The predicted molar refractivity (Wildman–Crippen MR) is 111 cm³/mol. The van der Waals surface area contributed by atoms with E-state index in [9.17, 15) is 13.2 Å². The van der Waals surface area contributed by atoms with Crippen LogP contribution in [0.5, 0.6) is 5.75 Å². The standard InChI is InChI=1S/C21H27N3O4S/c1-24(2)14-18(15-7-5-4-6-8-15)22-21(25)16-9-12-19(28-3)20(13-16)29(26,27)23-17-10-11-17/h4-9,12-13,17-18,23H,10-11,14H2,1-3H3,(H,22,25)/p+1/t18-/m0/s1. The van der Waals surface area contributed by atoms with Crippen molar-refractivity contribution in [2.75, 3.05) is 27.7 Å². The molecule has 3 N–H and O–H groups in total. The summed E-state index contributed by atoms with van der Waals surface area (Å²) in [6, 6.07) is 14.0. The zero-order valence-electron chi connectivity index (χ0n) is 16.9. The van der Waals surface area contributed by atoms with Crippen molar-refractivity contribution in [1.29, 1.82) is 0 Å². The molecule has 0 radical (unpaired) electrons. The number of carbonyl (C=O) groups is 1. The second-order valence-electron chi connectivity index (χ2n) is 7.61. The Kier molecular flexibility index (Phi) is 6.56. The van der Waals surface area contributed by atoms with Gasteiger partial charge < -0.3 is 15.0 Å². The van der Waals surface area contributed by atoms with Gasteiger partial charge in [0.2, 0.25) is 10.0 Å². The molecule has 1 amide bonds. The van der Waals surface area contributed by atoms with Gasteiger partial charge in [0.1, 0.15) is 23.2 Å². The van der Waals surface area contributed by atoms with Crippen LogP contribution in [0.3, 0.4) is 0 Å². The summed E-state index contributed by atoms with van der Waals surface area (Å²) in [5.74, 6) is -0.113. The van der Waals surface area contributed by atoms with Crippen LogP contribution in [0.2, 0.25) is 0 Å². The van der Waals surface area contributed by atoms with Crippen molar-refractivity contribution in [1.82, 2.24) is 10.0 Å². The summed E-state index contributed by atoms with van der Waals surface area (Å²) in [4.78, 5) is 14.1. The fourth-order valence-corrected chi connectivity index (χ4v) is 4.60. The van der Waals surface area contributed by atoms with Crippen molar-refractivity contribution in [2.24, 2.45) is 0 Å². The molecule has 7 nitrogen and oxygen atoms in total. The van der Waals surface area contributed by atoms with E-state index in [0.29, 0.717) is 6.54 Å². The van der Waals surface area contributed by atoms with E-state index in [1.807, 2.05) is 44.4 Å². The van der Waals surface area contributed by atoms with Crippen molar-refractivity contribution < 1.29 is 22.8 Å². The van der Waals surface area contributed by atoms with Crippen LogP contribution in [0.1, 0.15) is 34.8 Å². The molecule has 2 aromatic rings. The van der Waals surface area contributed by atoms with Crippen molar-refractivity contribution in [2.45, 2.75) is 29.8 Å². The van der Waals surface area contributed by atoms with Crippen LogP contribution >= 0.6 is 0 Å². The normalized spacial score (nSPS) is 15.2. The Balaban J connectivity index is 1.86. The summed E-state index contributed by atoms with van der Waals surface area (Å²) in [7, 11) is 1.69. The Morgan fingerprint density at radius 3 is 2.45 bits per heavy atom. The number of carbonyl (C=O) groups excluding carboxylic acids is 1. The average molecular weight is 419 g/mol. The highest BCUT2D eigenvalue weighted by Gasteiger charge is 2.30. The minimum Gasteiger partial charge on any atom is -0.495 e. The van der Waals surface area contributed by atoms with Crippen LogP contribution in [0.4, 0.5) is 0 Å². The molecule has 0 aliphatic heterocycles. The van der Waals surface area contributed by atoms with Crippen molar-refractivity contribution >= 4 is 15.9 Å². The number of hydrogen-bond acceptors (Lipinski definition) is 4. The first-order valence-corrected chi connectivity index (χ1v) is 11.1. The summed E-state index contributed by atoms with van der Waals surface area (Å²) in [6.07, 6.45) is 1.65. The third-order valence-corrected chi connectivity index (χ3v) is 6.28. The summed E-state index contributed by atoms with van der Waals surface area (Å²) < 4.78 is 33.3. The fourth-order valence-electron chi connectivity index (χ4n) is 3.10. The van der Waals surface area contributed by atoms with Gasteiger partial charge in [0.05, 0.1) is 21.2 Å². The van der Waals surface area contributed by atoms with Crippen molar-refractivity contribution in [3.05, 3.63) is 59.7 Å². The van der Waals surface area contributed by atoms with Crippen LogP contribution in [-0.2, 0) is 10.0 Å². The summed E-state index contributed by atoms with van der Waals surface area (Å²) in [6.45, 7) is 0.695. The number of ether oxygens (including phenoxy) is 1. The second-order valence-corrected chi connectivity index (χ2v) is 9.29. The number of methoxy groups -OCH3 is 1. The Hall–Kier alpha value is -2.42. The van der Waals surface area contributed by atoms with Gasteiger partial charge in [0.25, 0.3) is 5.91 Å². The fraction of sp³-hybridized carbons (Fsp3) is 0.381. The quantitative estimate of drug-likeness (QED) is 0.561. The topological polar surface area (TPSA) is 88.9 Å². The minimum absolute atomic E-state index is 0.0194. The Morgan fingerprint density at radius 1 is 1.17 bits per heavy atom. The maximum absolute atomic E-state index is 12.9. The number of benzene rings is 2. The molecule has 0 aromatic heterocycles. The predicted octanol–water partition coefficient (Wildman–Crippen LogP) is 0.752. The van der Waals surface area contributed by atoms with Crippen LogP contribution < -0.4 is 19.7 Å². The lowest BCUT2D eigenvalue weighted by atomic mass is 10.1. The van der Waals surface area contributed by atoms with Gasteiger partial charge in [-0.15, -0.1) is 0 Å². The van der Waals surface area contributed by atoms with Gasteiger partial charge in [-0.2, -0.15) is 0 Å². The first-order chi connectivity index (χ1) is 13.8. The number of amides is 1. The SMILES string of the molecule is COc1ccc(C(=O)N[C@@H](C[NH+](C)C)c2ccccc2)cc1S(=O)(=O)NC1CC1. The molecule has 0 saturated heterocycles. The zero-order valence-corrected chi connectivity index (χ0v) is 17.8. The molecule has 1 aliphatic carbocycles. The Labute approximate surface area is 172 Å². The number of sulfonamides is 1. The van der Waals surface area contributed by atoms with E-state index in [-0.39, 0.29) is 34.2 Å². The molecule has 29 heavy (non-hydrogen) atoms. The van der Waals surface area contributed by atoms with E-state index in [2.05, 4.69) is 10.0 Å². The first-order valence-electron chi connectivity index (χ1n) is 9.65. The van der Waals surface area contributed by atoms with E-state index >= 15 is 0 Å². The molecule has 0 bridgehead atoms. The molecule has 1 fully saturated rings. The number of hydrogen-bond donors (Lipinski definition) is 3. The third kappa shape index (κ3) is 5.56. The molecular formula is C21H28N3O4S+. The van der Waals surface area contributed by atoms with Crippen LogP contribution in [-0.4, -0.2) is 48.1 Å². The van der Waals surface area contributed by atoms with E-state index in [1.165, 1.54) is 24.1 Å². The molecule has 0 spiro atoms. The molecule has 0 heterocycles. The van der Waals surface area contributed by atoms with Gasteiger partial charge in [-0.1, -0.05) is 30.3 Å². The highest BCUT2D eigenvalue weighted by Crippen LogP contribution is 2.28. The first kappa shape index (κ1) is 21.3. The molecule has 3 rings (SSSR count). The molecule has 1 atom stereocenters. The number of nitrogens with one attached hydrogen (secondary N) is 3. The lowest BCUT2D eigenvalue weighted by molar-refractivity contribution is -0.860. The Morgan fingerprint density at radius 2 is 1.86 bits per heavy atom. The summed E-state index contributed by atoms with van der Waals surface area (Å²) >= 11 is 0. The summed E-state index contributed by atoms with van der Waals surface area (Å²) in [5.41, 5.74) is 1.27. The van der Waals surface area contributed by atoms with Gasteiger partial charge >= 0.3 is 0 Å². The van der Waals surface area contributed by atoms with Gasteiger partial charge in [-0.05, 0) is 36.6 Å². The average Bonchev–Trinajstić information content (AvgIpc) is 3.50. The van der Waals surface area contributed by atoms with Crippen molar-refractivity contribution in [3.63, 3.8) is 0 Å². The number of rotatable bonds is 9. The molecule has 2 aromatic carbocycles. The molecular weight excluding hydrogens is 390 g/mol. The smallest absolute Gasteiger partial charge is 0.252 e. The van der Waals surface area contributed by atoms with E-state index in [1.54, 1.807) is 6.07 Å². The monoisotopic (exact) mass is 418 g/mol. The van der Waals surface area contributed by atoms with Crippen LogP contribution in [0, 0.1) is 0 Å². The van der Waals surface area contributed by atoms with E-state index in [0.717, 1.165) is 18.4 Å². The molecule has 0 unspecified atom stereocenters. The third-order valence-electron chi connectivity index (χ3n) is 4.73. The molecule has 1 aliphatic rings. The maximum atomic E-state index is 12.9. The van der Waals surface area contributed by atoms with Gasteiger partial charge in [0, 0.05) is 11.6 Å². The molecule has 8 heteroatoms. The van der Waals surface area contributed by atoms with Gasteiger partial charge in [-0.3, -0.25) is 4.79 Å². The van der Waals surface area contributed by atoms with Gasteiger partial charge in [-0.25, -0.2) is 13.1 Å². The van der Waals surface area contributed by atoms with E-state index < -0.39 is 10.0 Å². The Bertz CT molecular complexity index is 957. The van der Waals surface area contributed by atoms with Crippen LogP contribution in [0.25, 0.3) is 0 Å². The zero-order chi connectivity index (χ0) is 21.0. The maximum Gasteiger partial charge on any atom is 0.252 e. The van der Waals surface area contributed by atoms with Crippen molar-refractivity contribution in [3.8, 4) is 5.75 Å². The molecule has 156 valence electrons. The summed E-state index contributed by atoms with van der Waals surface area (Å²) in [5, 5.41) is 3.03. The van der Waals surface area contributed by atoms with Crippen LogP contribution in [0.15, 0.2) is 53.4 Å². The highest BCUT2D eigenvalue weighted by molar-refractivity contribution is 7.89. The molecule has 1 saturated carbocycles. The number of quaternary nitrogens is 1. The lowest BCUT2D eigenvalue weighted by Gasteiger charge is -2.21. The van der Waals surface area contributed by atoms with E-state index in [4.69, 9.17) is 4.74 Å².